The zero-order valence-corrected chi connectivity index (χ0v) is 17.9. The molecule has 1 unspecified atom stereocenters. The van der Waals surface area contributed by atoms with Gasteiger partial charge in [0.05, 0.1) is 24.4 Å². The largest absolute Gasteiger partial charge is 0.466 e. The third kappa shape index (κ3) is 8.24. The lowest BCUT2D eigenvalue weighted by atomic mass is 10.1. The summed E-state index contributed by atoms with van der Waals surface area (Å²) in [5, 5.41) is 0. The molecule has 0 saturated heterocycles. The van der Waals surface area contributed by atoms with E-state index in [1.807, 2.05) is 38.1 Å². The lowest BCUT2D eigenvalue weighted by Gasteiger charge is -2.10. The SMILES string of the molecule is CCCCCCCOCOc1ccc(-c2ccc(OC(=O)C(C)CC)cc2)nc1. The van der Waals surface area contributed by atoms with Crippen LogP contribution in [-0.4, -0.2) is 24.4 Å². The summed E-state index contributed by atoms with van der Waals surface area (Å²) in [6, 6.07) is 11.1. The number of hydrogen-bond donors (Lipinski definition) is 0. The molecule has 0 aliphatic rings. The maximum Gasteiger partial charge on any atom is 0.314 e. The van der Waals surface area contributed by atoms with Crippen LogP contribution >= 0.6 is 0 Å². The van der Waals surface area contributed by atoms with E-state index in [9.17, 15) is 4.79 Å². The van der Waals surface area contributed by atoms with Crippen LogP contribution in [0.1, 0.15) is 59.3 Å². The Morgan fingerprint density at radius 3 is 2.34 bits per heavy atom. The van der Waals surface area contributed by atoms with Crippen LogP contribution in [0.2, 0.25) is 0 Å². The fourth-order valence-corrected chi connectivity index (χ4v) is 2.69. The molecule has 0 fully saturated rings. The van der Waals surface area contributed by atoms with E-state index in [4.69, 9.17) is 14.2 Å². The molecule has 2 rings (SSSR count). The average Bonchev–Trinajstić information content (AvgIpc) is 2.76. The summed E-state index contributed by atoms with van der Waals surface area (Å²) in [7, 11) is 0. The molecule has 0 bridgehead atoms. The normalized spacial score (nSPS) is 11.8. The van der Waals surface area contributed by atoms with E-state index >= 15 is 0 Å². The number of carbonyl (C=O) groups excluding carboxylic acids is 1. The molecule has 1 heterocycles. The van der Waals surface area contributed by atoms with Crippen LogP contribution in [0.25, 0.3) is 11.3 Å². The predicted molar refractivity (Wildman–Crippen MR) is 115 cm³/mol. The molecule has 1 atom stereocenters. The second kappa shape index (κ2) is 12.9. The molecule has 1 aromatic carbocycles. The summed E-state index contributed by atoms with van der Waals surface area (Å²) in [6.07, 6.45) is 8.55. The Balaban J connectivity index is 1.76. The molecule has 158 valence electrons. The smallest absolute Gasteiger partial charge is 0.314 e. The highest BCUT2D eigenvalue weighted by Gasteiger charge is 2.13. The van der Waals surface area contributed by atoms with Crippen LogP contribution in [0.4, 0.5) is 0 Å². The van der Waals surface area contributed by atoms with Gasteiger partial charge in [0, 0.05) is 5.56 Å². The van der Waals surface area contributed by atoms with E-state index in [0.29, 0.717) is 11.5 Å². The molecule has 0 amide bonds. The summed E-state index contributed by atoms with van der Waals surface area (Å²) >= 11 is 0. The van der Waals surface area contributed by atoms with E-state index < -0.39 is 0 Å². The molecule has 0 aliphatic heterocycles. The zero-order chi connectivity index (χ0) is 20.9. The molecule has 0 radical (unpaired) electrons. The van der Waals surface area contributed by atoms with Gasteiger partial charge >= 0.3 is 5.97 Å². The van der Waals surface area contributed by atoms with Crippen molar-refractivity contribution in [1.82, 2.24) is 4.98 Å². The summed E-state index contributed by atoms with van der Waals surface area (Å²) in [5.41, 5.74) is 1.78. The number of nitrogens with zero attached hydrogens (tertiary/aromatic N) is 1. The van der Waals surface area contributed by atoms with E-state index in [0.717, 1.165) is 30.7 Å². The van der Waals surface area contributed by atoms with Gasteiger partial charge in [-0.05, 0) is 49.2 Å². The Morgan fingerprint density at radius 2 is 1.69 bits per heavy atom. The summed E-state index contributed by atoms with van der Waals surface area (Å²) in [5.74, 6) is 0.918. The van der Waals surface area contributed by atoms with Gasteiger partial charge in [-0.15, -0.1) is 0 Å². The first-order chi connectivity index (χ1) is 14.1. The van der Waals surface area contributed by atoms with Gasteiger partial charge in [0.25, 0.3) is 0 Å². The fourth-order valence-electron chi connectivity index (χ4n) is 2.69. The number of hydrogen-bond acceptors (Lipinski definition) is 5. The first-order valence-corrected chi connectivity index (χ1v) is 10.6. The molecular formula is C24H33NO4. The van der Waals surface area contributed by atoms with Crippen molar-refractivity contribution in [2.24, 2.45) is 5.92 Å². The van der Waals surface area contributed by atoms with Gasteiger partial charge in [0.2, 0.25) is 0 Å². The number of rotatable bonds is 13. The number of unbranched alkanes of at least 4 members (excludes halogenated alkanes) is 4. The third-order valence-electron chi connectivity index (χ3n) is 4.82. The van der Waals surface area contributed by atoms with Gasteiger partial charge in [-0.1, -0.05) is 46.5 Å². The molecule has 0 aliphatic carbocycles. The van der Waals surface area contributed by atoms with Gasteiger partial charge in [0.1, 0.15) is 11.5 Å². The highest BCUT2D eigenvalue weighted by Crippen LogP contribution is 2.23. The minimum Gasteiger partial charge on any atom is -0.466 e. The average molecular weight is 400 g/mol. The number of benzene rings is 1. The molecule has 29 heavy (non-hydrogen) atoms. The lowest BCUT2D eigenvalue weighted by molar-refractivity contribution is -0.138. The monoisotopic (exact) mass is 399 g/mol. The maximum atomic E-state index is 11.9. The minimum absolute atomic E-state index is 0.103. The lowest BCUT2D eigenvalue weighted by Crippen LogP contribution is -2.16. The van der Waals surface area contributed by atoms with Crippen molar-refractivity contribution in [1.29, 1.82) is 0 Å². The van der Waals surface area contributed by atoms with Crippen LogP contribution in [0.3, 0.4) is 0 Å². The quantitative estimate of drug-likeness (QED) is 0.178. The summed E-state index contributed by atoms with van der Waals surface area (Å²) < 4.78 is 16.5. The van der Waals surface area contributed by atoms with Crippen LogP contribution in [-0.2, 0) is 9.53 Å². The highest BCUT2D eigenvalue weighted by molar-refractivity contribution is 5.75. The molecule has 0 spiro atoms. The highest BCUT2D eigenvalue weighted by atomic mass is 16.7. The fraction of sp³-hybridized carbons (Fsp3) is 0.500. The van der Waals surface area contributed by atoms with E-state index in [1.165, 1.54) is 25.7 Å². The molecule has 2 aromatic rings. The number of ether oxygens (including phenoxy) is 3. The van der Waals surface area contributed by atoms with Crippen LogP contribution in [0, 0.1) is 5.92 Å². The van der Waals surface area contributed by atoms with Gasteiger partial charge in [0.15, 0.2) is 6.79 Å². The Hall–Kier alpha value is -2.40. The Kier molecular flexibility index (Phi) is 10.2. The molecule has 1 aromatic heterocycles. The first kappa shape index (κ1) is 22.9. The van der Waals surface area contributed by atoms with Gasteiger partial charge in [-0.25, -0.2) is 0 Å². The second-order valence-corrected chi connectivity index (χ2v) is 7.22. The van der Waals surface area contributed by atoms with Crippen molar-refractivity contribution in [3.8, 4) is 22.8 Å². The first-order valence-electron chi connectivity index (χ1n) is 10.6. The van der Waals surface area contributed by atoms with E-state index in [2.05, 4.69) is 11.9 Å². The number of pyridine rings is 1. The van der Waals surface area contributed by atoms with Crippen molar-refractivity contribution in [3.63, 3.8) is 0 Å². The van der Waals surface area contributed by atoms with Crippen molar-refractivity contribution in [2.75, 3.05) is 13.4 Å². The van der Waals surface area contributed by atoms with E-state index in [-0.39, 0.29) is 18.7 Å². The maximum absolute atomic E-state index is 11.9. The number of esters is 1. The van der Waals surface area contributed by atoms with Crippen molar-refractivity contribution in [2.45, 2.75) is 59.3 Å². The Labute approximate surface area is 174 Å². The van der Waals surface area contributed by atoms with Crippen molar-refractivity contribution in [3.05, 3.63) is 42.6 Å². The van der Waals surface area contributed by atoms with Crippen LogP contribution < -0.4 is 9.47 Å². The van der Waals surface area contributed by atoms with Gasteiger partial charge in [-0.2, -0.15) is 0 Å². The van der Waals surface area contributed by atoms with Crippen LogP contribution in [0.5, 0.6) is 11.5 Å². The summed E-state index contributed by atoms with van der Waals surface area (Å²) in [6.45, 7) is 7.01. The molecular weight excluding hydrogens is 366 g/mol. The van der Waals surface area contributed by atoms with E-state index in [1.54, 1.807) is 18.3 Å². The molecule has 5 nitrogen and oxygen atoms in total. The zero-order valence-electron chi connectivity index (χ0n) is 17.9. The predicted octanol–water partition coefficient (Wildman–Crippen LogP) is 6.02. The topological polar surface area (TPSA) is 57.7 Å². The number of aromatic nitrogens is 1. The minimum atomic E-state index is -0.206. The summed E-state index contributed by atoms with van der Waals surface area (Å²) in [4.78, 5) is 16.3. The molecule has 0 N–H and O–H groups in total. The standard InChI is InChI=1S/C24H33NO4/c1-4-6-7-8-9-16-27-18-28-22-14-15-23(25-17-22)20-10-12-21(13-11-20)29-24(26)19(3)5-2/h10-15,17,19H,4-9,16,18H2,1-3H3. The number of carbonyl (C=O) groups is 1. The van der Waals surface area contributed by atoms with Crippen molar-refractivity contribution >= 4 is 5.97 Å². The second-order valence-electron chi connectivity index (χ2n) is 7.22. The third-order valence-corrected chi connectivity index (χ3v) is 4.82. The van der Waals surface area contributed by atoms with Crippen LogP contribution in [0.15, 0.2) is 42.6 Å². The molecule has 0 saturated carbocycles. The Morgan fingerprint density at radius 1 is 0.966 bits per heavy atom. The molecule has 5 heteroatoms. The van der Waals surface area contributed by atoms with Gasteiger partial charge < -0.3 is 14.2 Å². The van der Waals surface area contributed by atoms with Gasteiger partial charge in [-0.3, -0.25) is 9.78 Å². The van der Waals surface area contributed by atoms with Crippen molar-refractivity contribution < 1.29 is 19.0 Å². The Bertz CT molecular complexity index is 713.